The Morgan fingerprint density at radius 3 is 2.82 bits per heavy atom. The molecule has 3 N–H and O–H groups in total. The Balaban J connectivity index is 1.97. The van der Waals surface area contributed by atoms with Gasteiger partial charge in [0.15, 0.2) is 0 Å². The molecule has 17 heavy (non-hydrogen) atoms. The molecule has 1 aliphatic heterocycles. The molecule has 1 heterocycles. The van der Waals surface area contributed by atoms with Gasteiger partial charge in [-0.1, -0.05) is 6.92 Å². The van der Waals surface area contributed by atoms with E-state index in [-0.39, 0.29) is 11.8 Å². The van der Waals surface area contributed by atoms with Gasteiger partial charge in [-0.2, -0.15) is 0 Å². The molecule has 5 heteroatoms. The van der Waals surface area contributed by atoms with E-state index in [1.54, 1.807) is 0 Å². The molecule has 1 rings (SSSR count). The summed E-state index contributed by atoms with van der Waals surface area (Å²) in [6.07, 6.45) is 1.54. The fraction of sp³-hybridized carbons (Fsp3) is 0.917. The summed E-state index contributed by atoms with van der Waals surface area (Å²) < 4.78 is 5.28. The minimum Gasteiger partial charge on any atom is -0.379 e. The van der Waals surface area contributed by atoms with Crippen LogP contribution in [0.1, 0.15) is 19.8 Å². The number of ether oxygens (including phenoxy) is 1. The first-order valence-electron chi connectivity index (χ1n) is 6.49. The van der Waals surface area contributed by atoms with E-state index >= 15 is 0 Å². The molecular weight excluding hydrogens is 218 g/mol. The molecule has 0 spiro atoms. The Bertz CT molecular complexity index is 218. The second-order valence-electron chi connectivity index (χ2n) is 4.70. The van der Waals surface area contributed by atoms with Crippen molar-refractivity contribution in [1.82, 2.24) is 10.2 Å². The number of amides is 1. The van der Waals surface area contributed by atoms with Crippen molar-refractivity contribution in [2.24, 2.45) is 11.7 Å². The predicted molar refractivity (Wildman–Crippen MR) is 67.7 cm³/mol. The summed E-state index contributed by atoms with van der Waals surface area (Å²) in [6, 6.07) is 0. The van der Waals surface area contributed by atoms with Crippen molar-refractivity contribution in [3.63, 3.8) is 0 Å². The second-order valence-corrected chi connectivity index (χ2v) is 4.70. The molecule has 100 valence electrons. The molecule has 1 amide bonds. The van der Waals surface area contributed by atoms with Crippen molar-refractivity contribution < 1.29 is 9.53 Å². The average Bonchev–Trinajstić information content (AvgIpc) is 2.36. The van der Waals surface area contributed by atoms with Gasteiger partial charge in [-0.05, 0) is 25.4 Å². The molecule has 1 atom stereocenters. The zero-order valence-corrected chi connectivity index (χ0v) is 10.8. The summed E-state index contributed by atoms with van der Waals surface area (Å²) in [4.78, 5) is 13.8. The molecule has 0 radical (unpaired) electrons. The lowest BCUT2D eigenvalue weighted by molar-refractivity contribution is -0.121. The predicted octanol–water partition coefficient (Wildman–Crippen LogP) is -0.190. The molecule has 1 saturated heterocycles. The summed E-state index contributed by atoms with van der Waals surface area (Å²) in [7, 11) is 0. The van der Waals surface area contributed by atoms with Crippen molar-refractivity contribution in [3.8, 4) is 0 Å². The van der Waals surface area contributed by atoms with Crippen molar-refractivity contribution >= 4 is 5.91 Å². The van der Waals surface area contributed by atoms with Gasteiger partial charge in [-0.25, -0.2) is 0 Å². The van der Waals surface area contributed by atoms with Crippen LogP contribution in [-0.2, 0) is 9.53 Å². The third-order valence-electron chi connectivity index (χ3n) is 3.01. The first-order chi connectivity index (χ1) is 8.22. The third kappa shape index (κ3) is 6.61. The lowest BCUT2D eigenvalue weighted by atomic mass is 10.1. The van der Waals surface area contributed by atoms with Crippen LogP contribution >= 0.6 is 0 Å². The summed E-state index contributed by atoms with van der Waals surface area (Å²) in [5.41, 5.74) is 5.47. The van der Waals surface area contributed by atoms with E-state index < -0.39 is 0 Å². The van der Waals surface area contributed by atoms with Gasteiger partial charge in [-0.3, -0.25) is 9.69 Å². The SMILES string of the molecule is CC(CN)CC(=O)NCCCN1CCOCC1. The summed E-state index contributed by atoms with van der Waals surface area (Å²) in [6.45, 7) is 8.05. The van der Waals surface area contributed by atoms with Gasteiger partial charge in [0.05, 0.1) is 13.2 Å². The maximum atomic E-state index is 11.5. The minimum absolute atomic E-state index is 0.116. The highest BCUT2D eigenvalue weighted by molar-refractivity contribution is 5.76. The van der Waals surface area contributed by atoms with E-state index in [1.165, 1.54) is 0 Å². The lowest BCUT2D eigenvalue weighted by Gasteiger charge is -2.26. The van der Waals surface area contributed by atoms with Crippen LogP contribution in [0.5, 0.6) is 0 Å². The van der Waals surface area contributed by atoms with E-state index in [9.17, 15) is 4.79 Å². The molecule has 0 aromatic heterocycles. The Morgan fingerprint density at radius 1 is 1.47 bits per heavy atom. The number of rotatable bonds is 7. The van der Waals surface area contributed by atoms with E-state index in [0.717, 1.165) is 45.8 Å². The van der Waals surface area contributed by atoms with Crippen LogP contribution in [0.3, 0.4) is 0 Å². The summed E-state index contributed by atoms with van der Waals surface area (Å²) >= 11 is 0. The number of nitrogens with two attached hydrogens (primary N) is 1. The molecule has 0 aliphatic carbocycles. The Hall–Kier alpha value is -0.650. The van der Waals surface area contributed by atoms with Gasteiger partial charge in [0.2, 0.25) is 5.91 Å². The number of carbonyl (C=O) groups excluding carboxylic acids is 1. The maximum Gasteiger partial charge on any atom is 0.220 e. The van der Waals surface area contributed by atoms with Gasteiger partial charge >= 0.3 is 0 Å². The van der Waals surface area contributed by atoms with Crippen molar-refractivity contribution in [2.45, 2.75) is 19.8 Å². The fourth-order valence-electron chi connectivity index (χ4n) is 1.83. The van der Waals surface area contributed by atoms with Crippen LogP contribution in [0.2, 0.25) is 0 Å². The number of nitrogens with one attached hydrogen (secondary N) is 1. The first kappa shape index (κ1) is 14.4. The summed E-state index contributed by atoms with van der Waals surface area (Å²) in [5, 5.41) is 2.94. The van der Waals surface area contributed by atoms with Crippen molar-refractivity contribution in [3.05, 3.63) is 0 Å². The molecule has 0 aromatic carbocycles. The van der Waals surface area contributed by atoms with Crippen LogP contribution in [-0.4, -0.2) is 56.7 Å². The molecular formula is C12H25N3O2. The topological polar surface area (TPSA) is 67.6 Å². The first-order valence-corrected chi connectivity index (χ1v) is 6.49. The number of hydrogen-bond acceptors (Lipinski definition) is 4. The third-order valence-corrected chi connectivity index (χ3v) is 3.01. The van der Waals surface area contributed by atoms with Crippen molar-refractivity contribution in [2.75, 3.05) is 45.9 Å². The van der Waals surface area contributed by atoms with E-state index in [4.69, 9.17) is 10.5 Å². The quantitative estimate of drug-likeness (QED) is 0.608. The zero-order chi connectivity index (χ0) is 12.5. The molecule has 1 aliphatic rings. The standard InChI is InChI=1S/C12H25N3O2/c1-11(10-13)9-12(16)14-3-2-4-15-5-7-17-8-6-15/h11H,2-10,13H2,1H3,(H,14,16). The van der Waals surface area contributed by atoms with E-state index in [2.05, 4.69) is 10.2 Å². The minimum atomic E-state index is 0.116. The molecule has 1 unspecified atom stereocenters. The van der Waals surface area contributed by atoms with Crippen LogP contribution < -0.4 is 11.1 Å². The Morgan fingerprint density at radius 2 is 2.18 bits per heavy atom. The number of nitrogens with zero attached hydrogens (tertiary/aromatic N) is 1. The Kier molecular flexibility index (Phi) is 7.16. The van der Waals surface area contributed by atoms with E-state index in [1.807, 2.05) is 6.92 Å². The second kappa shape index (κ2) is 8.44. The van der Waals surface area contributed by atoms with E-state index in [0.29, 0.717) is 13.0 Å². The van der Waals surface area contributed by atoms with Crippen LogP contribution in [0.4, 0.5) is 0 Å². The maximum absolute atomic E-state index is 11.5. The van der Waals surface area contributed by atoms with Gasteiger partial charge in [0.1, 0.15) is 0 Å². The lowest BCUT2D eigenvalue weighted by Crippen LogP contribution is -2.38. The van der Waals surface area contributed by atoms with Crippen LogP contribution in [0, 0.1) is 5.92 Å². The highest BCUT2D eigenvalue weighted by Crippen LogP contribution is 1.99. The van der Waals surface area contributed by atoms with Gasteiger partial charge in [-0.15, -0.1) is 0 Å². The zero-order valence-electron chi connectivity index (χ0n) is 10.8. The highest BCUT2D eigenvalue weighted by atomic mass is 16.5. The normalized spacial score (nSPS) is 18.9. The summed E-state index contributed by atoms with van der Waals surface area (Å²) in [5.74, 6) is 0.388. The number of hydrogen-bond donors (Lipinski definition) is 2. The average molecular weight is 243 g/mol. The molecule has 0 saturated carbocycles. The largest absolute Gasteiger partial charge is 0.379 e. The van der Waals surface area contributed by atoms with Gasteiger partial charge in [0, 0.05) is 26.1 Å². The molecule has 5 nitrogen and oxygen atoms in total. The van der Waals surface area contributed by atoms with Crippen LogP contribution in [0.25, 0.3) is 0 Å². The van der Waals surface area contributed by atoms with Gasteiger partial charge in [0.25, 0.3) is 0 Å². The number of carbonyl (C=O) groups is 1. The Labute approximate surface area is 104 Å². The molecule has 0 aromatic rings. The highest BCUT2D eigenvalue weighted by Gasteiger charge is 2.10. The molecule has 0 bridgehead atoms. The smallest absolute Gasteiger partial charge is 0.220 e. The number of morpholine rings is 1. The van der Waals surface area contributed by atoms with Crippen molar-refractivity contribution in [1.29, 1.82) is 0 Å². The van der Waals surface area contributed by atoms with Crippen LogP contribution in [0.15, 0.2) is 0 Å². The van der Waals surface area contributed by atoms with Gasteiger partial charge < -0.3 is 15.8 Å². The molecule has 1 fully saturated rings. The monoisotopic (exact) mass is 243 g/mol. The fourth-order valence-corrected chi connectivity index (χ4v) is 1.83.